The Morgan fingerprint density at radius 1 is 1.09 bits per heavy atom. The molecule has 0 saturated carbocycles. The van der Waals surface area contributed by atoms with Gasteiger partial charge in [-0.2, -0.15) is 0 Å². The molecule has 0 N–H and O–H groups in total. The van der Waals surface area contributed by atoms with Gasteiger partial charge in [0, 0.05) is 13.1 Å². The molecule has 2 heterocycles. The van der Waals surface area contributed by atoms with Crippen LogP contribution in [0.3, 0.4) is 0 Å². The fourth-order valence-corrected chi connectivity index (χ4v) is 4.63. The quantitative estimate of drug-likeness (QED) is 0.406. The number of allylic oxidation sites excluding steroid dienone is 1. The predicted octanol–water partition coefficient (Wildman–Crippen LogP) is 6.14. The lowest BCUT2D eigenvalue weighted by Gasteiger charge is -2.30. The van der Waals surface area contributed by atoms with E-state index in [2.05, 4.69) is 43.0 Å². The molecule has 0 atom stereocenters. The third kappa shape index (κ3) is 4.69. The molecule has 0 spiro atoms. The number of carbonyl (C=O) groups is 1. The number of hydrogen-bond acceptors (Lipinski definition) is 5. The number of aryl methyl sites for hydroxylation is 1. The number of Topliss-reactive ketones (excluding diaryl/α,β-unsaturated/α-hetero) is 1. The highest BCUT2D eigenvalue weighted by Gasteiger charge is 2.35. The average Bonchev–Trinajstić information content (AvgIpc) is 3.20. The standard InChI is InChI=1S/C30H31NO4/c1-19(2)23-9-5-22(6-10-23)16-27-29(32)28-20(3)15-26-25(30(28)35-27)17-31(18-34-26)14-13-21-7-11-24(33-4)12-8-21/h5-12,15-16,19H,13-14,17-18H2,1-4H3/b27-16+. The van der Waals surface area contributed by atoms with Gasteiger partial charge in [0.2, 0.25) is 5.78 Å². The molecular formula is C30H31NO4. The van der Waals surface area contributed by atoms with Crippen molar-refractivity contribution in [2.24, 2.45) is 0 Å². The Hall–Kier alpha value is -3.57. The van der Waals surface area contributed by atoms with E-state index in [1.807, 2.05) is 43.3 Å². The van der Waals surface area contributed by atoms with Gasteiger partial charge in [0.25, 0.3) is 0 Å². The van der Waals surface area contributed by atoms with Gasteiger partial charge < -0.3 is 14.2 Å². The molecule has 0 saturated heterocycles. The molecule has 5 nitrogen and oxygen atoms in total. The Balaban J connectivity index is 1.35. The number of nitrogens with zero attached hydrogens (tertiary/aromatic N) is 1. The summed E-state index contributed by atoms with van der Waals surface area (Å²) in [6.07, 6.45) is 2.73. The first kappa shape index (κ1) is 23.2. The molecule has 0 fully saturated rings. The summed E-state index contributed by atoms with van der Waals surface area (Å²) in [6.45, 7) is 8.31. The van der Waals surface area contributed by atoms with E-state index in [-0.39, 0.29) is 5.78 Å². The van der Waals surface area contributed by atoms with Crippen LogP contribution in [0.25, 0.3) is 6.08 Å². The average molecular weight is 470 g/mol. The molecule has 0 unspecified atom stereocenters. The third-order valence-corrected chi connectivity index (χ3v) is 6.76. The third-order valence-electron chi connectivity index (χ3n) is 6.76. The Labute approximate surface area is 206 Å². The van der Waals surface area contributed by atoms with Gasteiger partial charge in [0.1, 0.15) is 24.0 Å². The summed E-state index contributed by atoms with van der Waals surface area (Å²) >= 11 is 0. The van der Waals surface area contributed by atoms with Crippen LogP contribution >= 0.6 is 0 Å². The van der Waals surface area contributed by atoms with Gasteiger partial charge in [-0.3, -0.25) is 9.69 Å². The van der Waals surface area contributed by atoms with E-state index in [9.17, 15) is 4.79 Å². The Morgan fingerprint density at radius 2 is 1.83 bits per heavy atom. The van der Waals surface area contributed by atoms with E-state index in [1.165, 1.54) is 11.1 Å². The molecule has 5 heteroatoms. The van der Waals surface area contributed by atoms with E-state index in [0.29, 0.717) is 36.3 Å². The highest BCUT2D eigenvalue weighted by atomic mass is 16.5. The van der Waals surface area contributed by atoms with E-state index in [1.54, 1.807) is 7.11 Å². The summed E-state index contributed by atoms with van der Waals surface area (Å²) in [6, 6.07) is 18.4. The van der Waals surface area contributed by atoms with Crippen molar-refractivity contribution in [3.8, 4) is 17.2 Å². The minimum Gasteiger partial charge on any atom is -0.497 e. The molecule has 3 aromatic carbocycles. The van der Waals surface area contributed by atoms with Crippen LogP contribution < -0.4 is 14.2 Å². The topological polar surface area (TPSA) is 48.0 Å². The Kier molecular flexibility index (Phi) is 6.35. The first-order valence-corrected chi connectivity index (χ1v) is 12.1. The van der Waals surface area contributed by atoms with Crippen LogP contribution in [0.15, 0.2) is 60.4 Å². The number of fused-ring (bicyclic) bond motifs is 3. The predicted molar refractivity (Wildman–Crippen MR) is 137 cm³/mol. The molecule has 5 rings (SSSR count). The van der Waals surface area contributed by atoms with Crippen molar-refractivity contribution in [2.45, 2.75) is 39.7 Å². The summed E-state index contributed by atoms with van der Waals surface area (Å²) in [7, 11) is 1.67. The summed E-state index contributed by atoms with van der Waals surface area (Å²) < 4.78 is 17.5. The Morgan fingerprint density at radius 3 is 2.51 bits per heavy atom. The fourth-order valence-electron chi connectivity index (χ4n) is 4.63. The maximum Gasteiger partial charge on any atom is 0.232 e. The second-order valence-electron chi connectivity index (χ2n) is 9.56. The summed E-state index contributed by atoms with van der Waals surface area (Å²) in [5.41, 5.74) is 5.94. The zero-order valence-electron chi connectivity index (χ0n) is 20.8. The van der Waals surface area contributed by atoms with E-state index >= 15 is 0 Å². The molecule has 0 amide bonds. The first-order chi connectivity index (χ1) is 16.9. The van der Waals surface area contributed by atoms with Gasteiger partial charge in [-0.25, -0.2) is 0 Å². The normalized spacial score (nSPS) is 16.1. The zero-order chi connectivity index (χ0) is 24.5. The first-order valence-electron chi connectivity index (χ1n) is 12.1. The van der Waals surface area contributed by atoms with Crippen LogP contribution in [0.2, 0.25) is 0 Å². The van der Waals surface area contributed by atoms with Gasteiger partial charge in [-0.05, 0) is 65.8 Å². The number of hydrogen-bond donors (Lipinski definition) is 0. The van der Waals surface area contributed by atoms with Gasteiger partial charge in [0.15, 0.2) is 5.76 Å². The SMILES string of the molecule is COc1ccc(CCN2COc3cc(C)c4c(c3C2)O/C(=C/c2ccc(C(C)C)cc2)C4=O)cc1. The minimum absolute atomic E-state index is 0.0661. The molecule has 35 heavy (non-hydrogen) atoms. The minimum atomic E-state index is -0.0661. The lowest BCUT2D eigenvalue weighted by molar-refractivity contribution is 0.0949. The molecular weight excluding hydrogens is 438 g/mol. The maximum absolute atomic E-state index is 13.3. The van der Waals surface area contributed by atoms with Crippen molar-refractivity contribution in [1.82, 2.24) is 4.90 Å². The molecule has 0 aromatic heterocycles. The van der Waals surface area contributed by atoms with Gasteiger partial charge >= 0.3 is 0 Å². The lowest BCUT2D eigenvalue weighted by atomic mass is 9.98. The molecule has 2 aliphatic heterocycles. The second-order valence-corrected chi connectivity index (χ2v) is 9.56. The van der Waals surface area contributed by atoms with Crippen LogP contribution in [0.5, 0.6) is 17.2 Å². The zero-order valence-corrected chi connectivity index (χ0v) is 20.8. The molecule has 2 aliphatic rings. The van der Waals surface area contributed by atoms with Crippen LogP contribution in [0, 0.1) is 6.92 Å². The highest BCUT2D eigenvalue weighted by molar-refractivity contribution is 6.15. The lowest BCUT2D eigenvalue weighted by Crippen LogP contribution is -2.33. The van der Waals surface area contributed by atoms with Crippen molar-refractivity contribution in [3.63, 3.8) is 0 Å². The van der Waals surface area contributed by atoms with Gasteiger partial charge in [-0.1, -0.05) is 50.2 Å². The molecule has 3 aromatic rings. The van der Waals surface area contributed by atoms with E-state index in [4.69, 9.17) is 14.2 Å². The van der Waals surface area contributed by atoms with Crippen molar-refractivity contribution >= 4 is 11.9 Å². The van der Waals surface area contributed by atoms with Crippen LogP contribution in [-0.4, -0.2) is 31.1 Å². The van der Waals surface area contributed by atoms with Crippen LogP contribution in [-0.2, 0) is 13.0 Å². The number of rotatable bonds is 6. The van der Waals surface area contributed by atoms with Gasteiger partial charge in [-0.15, -0.1) is 0 Å². The number of ketones is 1. The van der Waals surface area contributed by atoms with Crippen LogP contribution in [0.4, 0.5) is 0 Å². The van der Waals surface area contributed by atoms with Crippen molar-refractivity contribution < 1.29 is 19.0 Å². The van der Waals surface area contributed by atoms with E-state index < -0.39 is 0 Å². The molecule has 180 valence electrons. The Bertz CT molecular complexity index is 1270. The number of carbonyl (C=O) groups excluding carboxylic acids is 1. The largest absolute Gasteiger partial charge is 0.497 e. The fraction of sp³-hybridized carbons (Fsp3) is 0.300. The number of benzene rings is 3. The summed E-state index contributed by atoms with van der Waals surface area (Å²) in [4.78, 5) is 15.5. The monoisotopic (exact) mass is 469 g/mol. The van der Waals surface area contributed by atoms with Crippen molar-refractivity contribution in [3.05, 3.63) is 93.7 Å². The summed E-state index contributed by atoms with van der Waals surface area (Å²) in [5, 5.41) is 0. The van der Waals surface area contributed by atoms with Crippen molar-refractivity contribution in [1.29, 1.82) is 0 Å². The molecule has 0 radical (unpaired) electrons. The number of methoxy groups -OCH3 is 1. The van der Waals surface area contributed by atoms with Crippen molar-refractivity contribution in [2.75, 3.05) is 20.4 Å². The molecule has 0 aliphatic carbocycles. The highest BCUT2D eigenvalue weighted by Crippen LogP contribution is 2.44. The van der Waals surface area contributed by atoms with Crippen LogP contribution in [0.1, 0.15) is 57.9 Å². The smallest absolute Gasteiger partial charge is 0.232 e. The molecule has 0 bridgehead atoms. The van der Waals surface area contributed by atoms with Gasteiger partial charge in [0.05, 0.1) is 18.2 Å². The maximum atomic E-state index is 13.3. The number of ether oxygens (including phenoxy) is 3. The van der Waals surface area contributed by atoms with E-state index in [0.717, 1.165) is 41.2 Å². The summed E-state index contributed by atoms with van der Waals surface area (Å²) in [5.74, 6) is 3.07. The second kappa shape index (κ2) is 9.59.